The summed E-state index contributed by atoms with van der Waals surface area (Å²) in [6, 6.07) is 7.59. The highest BCUT2D eigenvalue weighted by Gasteiger charge is 2.25. The molecule has 0 aliphatic heterocycles. The van der Waals surface area contributed by atoms with Gasteiger partial charge in [0.25, 0.3) is 23.4 Å². The number of hydrazine groups is 1. The maximum Gasteiger partial charge on any atom is 0.270 e. The third kappa shape index (κ3) is 5.35. The average molecular weight is 390 g/mol. The average Bonchev–Trinajstić information content (AvgIpc) is 3.18. The van der Waals surface area contributed by atoms with Crippen molar-refractivity contribution >= 4 is 34.7 Å². The van der Waals surface area contributed by atoms with Crippen molar-refractivity contribution in [3.8, 4) is 0 Å². The molecule has 142 valence electrons. The number of nitro benzene ring substituents is 1. The van der Waals surface area contributed by atoms with Crippen molar-refractivity contribution in [2.24, 2.45) is 5.92 Å². The van der Waals surface area contributed by atoms with Crippen LogP contribution in [0.3, 0.4) is 0 Å². The molecule has 1 aromatic heterocycles. The molecule has 1 unspecified atom stereocenters. The molecule has 0 saturated heterocycles. The molecule has 0 saturated carbocycles. The van der Waals surface area contributed by atoms with E-state index in [2.05, 4.69) is 16.2 Å². The first-order valence-electron chi connectivity index (χ1n) is 7.98. The molecule has 9 nitrogen and oxygen atoms in total. The Morgan fingerprint density at radius 3 is 2.41 bits per heavy atom. The second-order valence-corrected chi connectivity index (χ2v) is 6.87. The van der Waals surface area contributed by atoms with Crippen molar-refractivity contribution in [2.75, 3.05) is 0 Å². The Morgan fingerprint density at radius 1 is 1.07 bits per heavy atom. The Labute approximate surface area is 158 Å². The van der Waals surface area contributed by atoms with E-state index in [4.69, 9.17) is 0 Å². The predicted octanol–water partition coefficient (Wildman–Crippen LogP) is 1.87. The Bertz CT molecular complexity index is 851. The van der Waals surface area contributed by atoms with Crippen molar-refractivity contribution in [3.63, 3.8) is 0 Å². The van der Waals surface area contributed by atoms with Crippen LogP contribution in [-0.2, 0) is 4.79 Å². The van der Waals surface area contributed by atoms with Gasteiger partial charge in [-0.2, -0.15) is 0 Å². The summed E-state index contributed by atoms with van der Waals surface area (Å²) < 4.78 is 0. The van der Waals surface area contributed by atoms with E-state index in [0.717, 1.165) is 6.07 Å². The summed E-state index contributed by atoms with van der Waals surface area (Å²) in [4.78, 5) is 47.2. The van der Waals surface area contributed by atoms with Gasteiger partial charge in [0.05, 0.1) is 9.80 Å². The smallest absolute Gasteiger partial charge is 0.270 e. The van der Waals surface area contributed by atoms with Crippen molar-refractivity contribution in [2.45, 2.75) is 19.9 Å². The molecule has 1 atom stereocenters. The SMILES string of the molecule is CC(C)C(NC(=O)c1cccs1)C(=O)NNC(=O)c1cccc([N+](=O)[O-])c1. The molecule has 1 aromatic carbocycles. The van der Waals surface area contributed by atoms with E-state index in [0.29, 0.717) is 4.88 Å². The highest BCUT2D eigenvalue weighted by Crippen LogP contribution is 2.13. The number of amides is 3. The van der Waals surface area contributed by atoms with E-state index in [1.807, 2.05) is 0 Å². The van der Waals surface area contributed by atoms with Gasteiger partial charge in [0.1, 0.15) is 6.04 Å². The summed E-state index contributed by atoms with van der Waals surface area (Å²) in [6.07, 6.45) is 0. The van der Waals surface area contributed by atoms with E-state index < -0.39 is 22.8 Å². The van der Waals surface area contributed by atoms with Crippen LogP contribution in [0.15, 0.2) is 41.8 Å². The fourth-order valence-electron chi connectivity index (χ4n) is 2.18. The second-order valence-electron chi connectivity index (χ2n) is 5.92. The molecule has 0 aliphatic carbocycles. The predicted molar refractivity (Wildman–Crippen MR) is 99.1 cm³/mol. The number of nitrogens with one attached hydrogen (secondary N) is 3. The minimum Gasteiger partial charge on any atom is -0.339 e. The standard InChI is InChI=1S/C17H18N4O5S/c1-10(2)14(18-16(23)13-7-4-8-27-13)17(24)20-19-15(22)11-5-3-6-12(9-11)21(25)26/h3-10,14H,1-2H3,(H,18,23)(H,19,22)(H,20,24). The lowest BCUT2D eigenvalue weighted by molar-refractivity contribution is -0.384. The first-order chi connectivity index (χ1) is 12.8. The first-order valence-corrected chi connectivity index (χ1v) is 8.86. The van der Waals surface area contributed by atoms with Crippen molar-refractivity contribution < 1.29 is 19.3 Å². The molecular weight excluding hydrogens is 372 g/mol. The third-order valence-electron chi connectivity index (χ3n) is 3.60. The van der Waals surface area contributed by atoms with E-state index >= 15 is 0 Å². The van der Waals surface area contributed by atoms with Gasteiger partial charge in [-0.25, -0.2) is 0 Å². The fraction of sp³-hybridized carbons (Fsp3) is 0.235. The van der Waals surface area contributed by atoms with Crippen molar-refractivity contribution in [3.05, 3.63) is 62.3 Å². The monoisotopic (exact) mass is 390 g/mol. The molecule has 0 bridgehead atoms. The Hall–Kier alpha value is -3.27. The molecule has 0 spiro atoms. The van der Waals surface area contributed by atoms with Crippen LogP contribution in [0, 0.1) is 16.0 Å². The molecule has 0 radical (unpaired) electrons. The summed E-state index contributed by atoms with van der Waals surface area (Å²) in [5, 5.41) is 15.1. The van der Waals surface area contributed by atoms with Crippen LogP contribution in [0.2, 0.25) is 0 Å². The van der Waals surface area contributed by atoms with Gasteiger partial charge in [-0.1, -0.05) is 26.0 Å². The number of rotatable bonds is 6. The molecule has 2 aromatic rings. The topological polar surface area (TPSA) is 130 Å². The number of hydrogen-bond acceptors (Lipinski definition) is 6. The number of benzene rings is 1. The van der Waals surface area contributed by atoms with E-state index in [1.54, 1.807) is 31.4 Å². The lowest BCUT2D eigenvalue weighted by Crippen LogP contribution is -2.54. The second kappa shape index (κ2) is 8.90. The summed E-state index contributed by atoms with van der Waals surface area (Å²) in [5.41, 5.74) is 4.22. The summed E-state index contributed by atoms with van der Waals surface area (Å²) in [6.45, 7) is 3.50. The minimum atomic E-state index is -0.870. The molecule has 27 heavy (non-hydrogen) atoms. The lowest BCUT2D eigenvalue weighted by Gasteiger charge is -2.21. The van der Waals surface area contributed by atoms with Crippen LogP contribution in [0.1, 0.15) is 33.9 Å². The number of non-ortho nitro benzene ring substituents is 1. The van der Waals surface area contributed by atoms with E-state index in [1.165, 1.54) is 29.5 Å². The van der Waals surface area contributed by atoms with Crippen LogP contribution in [0.5, 0.6) is 0 Å². The molecule has 10 heteroatoms. The van der Waals surface area contributed by atoms with Crippen LogP contribution in [0.4, 0.5) is 5.69 Å². The maximum atomic E-state index is 12.4. The van der Waals surface area contributed by atoms with Crippen LogP contribution in [-0.4, -0.2) is 28.7 Å². The Balaban J connectivity index is 1.99. The molecule has 1 heterocycles. The zero-order chi connectivity index (χ0) is 20.0. The molecular formula is C17H18N4O5S. The zero-order valence-electron chi connectivity index (χ0n) is 14.6. The number of nitro groups is 1. The molecule has 0 aliphatic rings. The lowest BCUT2D eigenvalue weighted by atomic mass is 10.0. The van der Waals surface area contributed by atoms with E-state index in [9.17, 15) is 24.5 Å². The summed E-state index contributed by atoms with van der Waals surface area (Å²) in [5.74, 6) is -1.93. The van der Waals surface area contributed by atoms with Gasteiger partial charge in [0.15, 0.2) is 0 Å². The maximum absolute atomic E-state index is 12.4. The van der Waals surface area contributed by atoms with Gasteiger partial charge in [-0.05, 0) is 23.4 Å². The van der Waals surface area contributed by atoms with Gasteiger partial charge in [0.2, 0.25) is 0 Å². The van der Waals surface area contributed by atoms with Gasteiger partial charge in [0, 0.05) is 17.7 Å². The third-order valence-corrected chi connectivity index (χ3v) is 4.47. The van der Waals surface area contributed by atoms with Gasteiger partial charge >= 0.3 is 0 Å². The first kappa shape index (κ1) is 20.0. The van der Waals surface area contributed by atoms with Gasteiger partial charge < -0.3 is 5.32 Å². The van der Waals surface area contributed by atoms with Crippen molar-refractivity contribution in [1.82, 2.24) is 16.2 Å². The number of carbonyl (C=O) groups is 3. The number of thiophene rings is 1. The molecule has 3 amide bonds. The number of hydrogen-bond donors (Lipinski definition) is 3. The highest BCUT2D eigenvalue weighted by atomic mass is 32.1. The van der Waals surface area contributed by atoms with Crippen LogP contribution in [0.25, 0.3) is 0 Å². The Morgan fingerprint density at radius 2 is 1.81 bits per heavy atom. The summed E-state index contributed by atoms with van der Waals surface area (Å²) in [7, 11) is 0. The zero-order valence-corrected chi connectivity index (χ0v) is 15.4. The minimum absolute atomic E-state index is 0.0215. The van der Waals surface area contributed by atoms with Gasteiger partial charge in [-0.15, -0.1) is 11.3 Å². The molecule has 2 rings (SSSR count). The fourth-order valence-corrected chi connectivity index (χ4v) is 2.81. The molecule has 0 fully saturated rings. The number of nitrogens with zero attached hydrogens (tertiary/aromatic N) is 1. The Kier molecular flexibility index (Phi) is 6.61. The van der Waals surface area contributed by atoms with Gasteiger partial charge in [-0.3, -0.25) is 35.3 Å². The largest absolute Gasteiger partial charge is 0.339 e. The van der Waals surface area contributed by atoms with Crippen LogP contribution < -0.4 is 16.2 Å². The summed E-state index contributed by atoms with van der Waals surface area (Å²) >= 11 is 1.25. The highest BCUT2D eigenvalue weighted by molar-refractivity contribution is 7.12. The van der Waals surface area contributed by atoms with E-state index in [-0.39, 0.29) is 23.1 Å². The molecule has 3 N–H and O–H groups in total. The van der Waals surface area contributed by atoms with Crippen molar-refractivity contribution in [1.29, 1.82) is 0 Å². The number of carbonyl (C=O) groups excluding carboxylic acids is 3. The quantitative estimate of drug-likeness (QED) is 0.512. The van der Waals surface area contributed by atoms with Crippen LogP contribution >= 0.6 is 11.3 Å². The normalized spacial score (nSPS) is 11.5.